The van der Waals surface area contributed by atoms with Gasteiger partial charge in [0, 0.05) is 22.9 Å². The maximum atomic E-state index is 16.0. The molecular weight excluding hydrogens is 470 g/mol. The van der Waals surface area contributed by atoms with Crippen LogP contribution in [0.25, 0.3) is 10.4 Å². The van der Waals surface area contributed by atoms with Crippen molar-refractivity contribution in [2.75, 3.05) is 18.2 Å². The zero-order chi connectivity index (χ0) is 24.3. The highest BCUT2D eigenvalue weighted by Gasteiger charge is 2.48. The first-order valence-electron chi connectivity index (χ1n) is 10.5. The van der Waals surface area contributed by atoms with Crippen molar-refractivity contribution in [1.29, 1.82) is 0 Å². The molecule has 0 aliphatic carbocycles. The standard InChI is InChI=1S/C26H24FN2O3PS/c1-26(27,33(31,32-2)21-7-4-3-5-8-21)20-13-10-18(11-14-20)25(30)29-23-17-19(12-15-22(23)28)24-9-6-16-34-24/h3-17H,28H2,1-2H3,(H,29,30). The van der Waals surface area contributed by atoms with E-state index in [0.717, 1.165) is 10.4 Å². The van der Waals surface area contributed by atoms with Crippen molar-refractivity contribution in [3.05, 3.63) is 101 Å². The third-order valence-electron chi connectivity index (χ3n) is 5.69. The summed E-state index contributed by atoms with van der Waals surface area (Å²) in [7, 11) is -2.65. The first-order chi connectivity index (χ1) is 16.3. The molecule has 3 N–H and O–H groups in total. The summed E-state index contributed by atoms with van der Waals surface area (Å²) < 4.78 is 34.8. The lowest BCUT2D eigenvalue weighted by Gasteiger charge is -2.30. The highest BCUT2D eigenvalue weighted by Crippen LogP contribution is 2.63. The number of nitrogen functional groups attached to an aromatic ring is 1. The van der Waals surface area contributed by atoms with Gasteiger partial charge in [-0.1, -0.05) is 42.5 Å². The van der Waals surface area contributed by atoms with E-state index in [1.165, 1.54) is 38.3 Å². The number of benzene rings is 3. The number of hydrogen-bond acceptors (Lipinski definition) is 5. The Labute approximate surface area is 201 Å². The predicted octanol–water partition coefficient (Wildman–Crippen LogP) is 6.64. The van der Waals surface area contributed by atoms with Gasteiger partial charge < -0.3 is 15.6 Å². The van der Waals surface area contributed by atoms with Crippen LogP contribution >= 0.6 is 18.7 Å². The van der Waals surface area contributed by atoms with Crippen molar-refractivity contribution in [3.63, 3.8) is 0 Å². The first-order valence-corrected chi connectivity index (χ1v) is 13.0. The van der Waals surface area contributed by atoms with Gasteiger partial charge in [0.15, 0.2) is 0 Å². The van der Waals surface area contributed by atoms with Crippen molar-refractivity contribution >= 4 is 41.3 Å². The van der Waals surface area contributed by atoms with E-state index >= 15 is 4.39 Å². The third kappa shape index (κ3) is 4.42. The lowest BCUT2D eigenvalue weighted by Crippen LogP contribution is -2.24. The number of alkyl halides is 1. The Kier molecular flexibility index (Phi) is 6.71. The Morgan fingerprint density at radius 2 is 1.74 bits per heavy atom. The number of thiophene rings is 1. The molecule has 0 bridgehead atoms. The van der Waals surface area contributed by atoms with Crippen LogP contribution in [0.5, 0.6) is 0 Å². The second kappa shape index (κ2) is 9.55. The van der Waals surface area contributed by atoms with Crippen LogP contribution in [-0.4, -0.2) is 13.0 Å². The Morgan fingerprint density at radius 3 is 2.35 bits per heavy atom. The molecule has 0 saturated carbocycles. The minimum atomic E-state index is -3.89. The average molecular weight is 495 g/mol. The third-order valence-corrected chi connectivity index (χ3v) is 9.46. The normalized spacial score (nSPS) is 14.7. The summed E-state index contributed by atoms with van der Waals surface area (Å²) in [6.07, 6.45) is 0. The topological polar surface area (TPSA) is 81.4 Å². The molecule has 8 heteroatoms. The molecule has 0 spiro atoms. The van der Waals surface area contributed by atoms with Gasteiger partial charge in [-0.2, -0.15) is 0 Å². The predicted molar refractivity (Wildman–Crippen MR) is 138 cm³/mol. The van der Waals surface area contributed by atoms with Crippen molar-refractivity contribution in [3.8, 4) is 10.4 Å². The van der Waals surface area contributed by atoms with Crippen LogP contribution < -0.4 is 16.4 Å². The minimum Gasteiger partial charge on any atom is -0.397 e. The number of carbonyl (C=O) groups is 1. The molecule has 0 saturated heterocycles. The Bertz CT molecular complexity index is 1340. The largest absolute Gasteiger partial charge is 0.397 e. The molecule has 0 fully saturated rings. The van der Waals surface area contributed by atoms with Gasteiger partial charge >= 0.3 is 0 Å². The zero-order valence-corrected chi connectivity index (χ0v) is 20.4. The molecule has 0 aliphatic rings. The van der Waals surface area contributed by atoms with Crippen LogP contribution in [-0.2, 0) is 14.5 Å². The van der Waals surface area contributed by atoms with E-state index in [-0.39, 0.29) is 16.8 Å². The molecule has 5 nitrogen and oxygen atoms in total. The second-order valence-corrected chi connectivity index (χ2v) is 11.6. The zero-order valence-electron chi connectivity index (χ0n) is 18.7. The van der Waals surface area contributed by atoms with Crippen LogP contribution in [0.4, 0.5) is 15.8 Å². The highest BCUT2D eigenvalue weighted by molar-refractivity contribution is 7.67. The van der Waals surface area contributed by atoms with E-state index in [0.29, 0.717) is 16.9 Å². The number of hydrogen-bond donors (Lipinski definition) is 2. The maximum absolute atomic E-state index is 16.0. The highest BCUT2D eigenvalue weighted by atomic mass is 32.1. The van der Waals surface area contributed by atoms with Gasteiger partial charge in [0.25, 0.3) is 13.3 Å². The Morgan fingerprint density at radius 1 is 1.03 bits per heavy atom. The molecule has 1 heterocycles. The minimum absolute atomic E-state index is 0.150. The van der Waals surface area contributed by atoms with Crippen molar-refractivity contribution in [2.24, 2.45) is 0 Å². The molecule has 1 amide bonds. The molecule has 4 aromatic rings. The van der Waals surface area contributed by atoms with Crippen LogP contribution in [0.1, 0.15) is 22.8 Å². The summed E-state index contributed by atoms with van der Waals surface area (Å²) >= 11 is 1.59. The molecule has 34 heavy (non-hydrogen) atoms. The quantitative estimate of drug-likeness (QED) is 0.223. The fourth-order valence-corrected chi connectivity index (χ4v) is 6.51. The first kappa shape index (κ1) is 23.9. The smallest absolute Gasteiger partial charge is 0.272 e. The molecule has 0 radical (unpaired) electrons. The summed E-state index contributed by atoms with van der Waals surface area (Å²) in [5.74, 6) is -0.389. The fraction of sp³-hybridized carbons (Fsp3) is 0.115. The van der Waals surface area contributed by atoms with E-state index in [4.69, 9.17) is 10.3 Å². The number of nitrogens with two attached hydrogens (primary N) is 1. The van der Waals surface area contributed by atoms with Gasteiger partial charge in [0.1, 0.15) is 0 Å². The number of rotatable bonds is 7. The van der Waals surface area contributed by atoms with Crippen LogP contribution in [0, 0.1) is 0 Å². The Balaban J connectivity index is 1.58. The van der Waals surface area contributed by atoms with E-state index in [1.807, 2.05) is 29.6 Å². The lowest BCUT2D eigenvalue weighted by molar-refractivity contribution is 0.102. The number of amides is 1. The van der Waals surface area contributed by atoms with Gasteiger partial charge in [-0.25, -0.2) is 4.39 Å². The lowest BCUT2D eigenvalue weighted by atomic mass is 10.1. The monoisotopic (exact) mass is 494 g/mol. The fourth-order valence-electron chi connectivity index (χ4n) is 3.69. The average Bonchev–Trinajstić information content (AvgIpc) is 3.40. The molecular formula is C26H24FN2O3PS. The van der Waals surface area contributed by atoms with Gasteiger partial charge in [0.05, 0.1) is 11.4 Å². The van der Waals surface area contributed by atoms with Crippen molar-refractivity contribution in [2.45, 2.75) is 12.3 Å². The molecule has 2 atom stereocenters. The van der Waals surface area contributed by atoms with Gasteiger partial charge in [-0.05, 0) is 65.9 Å². The van der Waals surface area contributed by atoms with E-state index in [9.17, 15) is 9.36 Å². The van der Waals surface area contributed by atoms with Crippen molar-refractivity contribution < 1.29 is 18.3 Å². The molecule has 174 valence electrons. The number of carbonyl (C=O) groups excluding carboxylic acids is 1. The molecule has 2 unspecified atom stereocenters. The van der Waals surface area contributed by atoms with E-state index < -0.39 is 12.8 Å². The molecule has 3 aromatic carbocycles. The molecule has 0 aliphatic heterocycles. The van der Waals surface area contributed by atoms with Crippen molar-refractivity contribution in [1.82, 2.24) is 0 Å². The second-order valence-electron chi connectivity index (χ2n) is 7.83. The maximum Gasteiger partial charge on any atom is 0.272 e. The summed E-state index contributed by atoms with van der Waals surface area (Å²) in [6, 6.07) is 23.6. The van der Waals surface area contributed by atoms with Crippen LogP contribution in [0.3, 0.4) is 0 Å². The summed E-state index contributed by atoms with van der Waals surface area (Å²) in [4.78, 5) is 13.9. The van der Waals surface area contributed by atoms with Gasteiger partial charge in [-0.15, -0.1) is 11.3 Å². The van der Waals surface area contributed by atoms with Crippen LogP contribution in [0.2, 0.25) is 0 Å². The Hall–Kier alpha value is -3.25. The van der Waals surface area contributed by atoms with Crippen LogP contribution in [0.15, 0.2) is 90.3 Å². The van der Waals surface area contributed by atoms with E-state index in [2.05, 4.69) is 5.32 Å². The summed E-state index contributed by atoms with van der Waals surface area (Å²) in [6.45, 7) is 1.23. The summed E-state index contributed by atoms with van der Waals surface area (Å²) in [5.41, 5.74) is 8.39. The number of nitrogens with one attached hydrogen (secondary N) is 1. The molecule has 1 aromatic heterocycles. The van der Waals surface area contributed by atoms with Gasteiger partial charge in [0.2, 0.25) is 5.41 Å². The number of halogens is 1. The number of anilines is 2. The van der Waals surface area contributed by atoms with Gasteiger partial charge in [-0.3, -0.25) is 9.36 Å². The SMILES string of the molecule is COP(=O)(c1ccccc1)C(C)(F)c1ccc(C(=O)Nc2cc(-c3cccs3)ccc2N)cc1. The molecule has 4 rings (SSSR count). The summed E-state index contributed by atoms with van der Waals surface area (Å²) in [5, 5.41) is 2.79. The van der Waals surface area contributed by atoms with E-state index in [1.54, 1.807) is 47.7 Å².